The fraction of sp³-hybridized carbons (Fsp3) is 0.917. The van der Waals surface area contributed by atoms with Crippen molar-refractivity contribution >= 4 is 0 Å². The second-order valence-electron chi connectivity index (χ2n) is 4.78. The van der Waals surface area contributed by atoms with Crippen LogP contribution in [0.25, 0.3) is 0 Å². The molecule has 1 aliphatic rings. The highest BCUT2D eigenvalue weighted by molar-refractivity contribution is 5.12. The van der Waals surface area contributed by atoms with Gasteiger partial charge in [-0.25, -0.2) is 0 Å². The van der Waals surface area contributed by atoms with E-state index < -0.39 is 11.0 Å². The Morgan fingerprint density at radius 3 is 2.33 bits per heavy atom. The van der Waals surface area contributed by atoms with Gasteiger partial charge in [0.05, 0.1) is 17.6 Å². The van der Waals surface area contributed by atoms with E-state index in [0.717, 1.165) is 25.7 Å². The van der Waals surface area contributed by atoms with Crippen LogP contribution in [0.5, 0.6) is 0 Å². The summed E-state index contributed by atoms with van der Waals surface area (Å²) in [4.78, 5) is 0. The maximum Gasteiger partial charge on any atom is 0.106 e. The first kappa shape index (κ1) is 12.5. The van der Waals surface area contributed by atoms with Gasteiger partial charge in [-0.05, 0) is 26.7 Å². The van der Waals surface area contributed by atoms with Crippen LogP contribution in [0.1, 0.15) is 46.0 Å². The molecule has 0 heterocycles. The summed E-state index contributed by atoms with van der Waals surface area (Å²) in [6.07, 6.45) is 4.48. The summed E-state index contributed by atoms with van der Waals surface area (Å²) >= 11 is 0. The molecule has 1 saturated carbocycles. The zero-order valence-electron chi connectivity index (χ0n) is 9.92. The van der Waals surface area contributed by atoms with E-state index in [9.17, 15) is 10.4 Å². The van der Waals surface area contributed by atoms with Gasteiger partial charge in [0.15, 0.2) is 0 Å². The number of hydrogen-bond acceptors (Lipinski definition) is 3. The predicted octanol–water partition coefficient (Wildman–Crippen LogP) is 2.25. The zero-order valence-corrected chi connectivity index (χ0v) is 9.92. The van der Waals surface area contributed by atoms with Crippen molar-refractivity contribution < 1.29 is 9.84 Å². The van der Waals surface area contributed by atoms with Crippen molar-refractivity contribution in [2.75, 3.05) is 7.11 Å². The largest absolute Gasteiger partial charge is 0.386 e. The summed E-state index contributed by atoms with van der Waals surface area (Å²) in [6.45, 7) is 3.56. The quantitative estimate of drug-likeness (QED) is 0.779. The van der Waals surface area contributed by atoms with Crippen molar-refractivity contribution in [1.82, 2.24) is 0 Å². The lowest BCUT2D eigenvalue weighted by Gasteiger charge is -2.45. The summed E-state index contributed by atoms with van der Waals surface area (Å²) in [5.41, 5.74) is -1.68. The zero-order chi connectivity index (χ0) is 11.5. The van der Waals surface area contributed by atoms with E-state index in [2.05, 4.69) is 6.07 Å². The van der Waals surface area contributed by atoms with Gasteiger partial charge >= 0.3 is 0 Å². The van der Waals surface area contributed by atoms with Gasteiger partial charge in [0.2, 0.25) is 0 Å². The minimum absolute atomic E-state index is 0.310. The first-order valence-electron chi connectivity index (χ1n) is 5.66. The summed E-state index contributed by atoms with van der Waals surface area (Å²) in [5, 5.41) is 19.9. The molecule has 2 unspecified atom stereocenters. The lowest BCUT2D eigenvalue weighted by Crippen LogP contribution is -2.54. The van der Waals surface area contributed by atoms with E-state index in [-0.39, 0.29) is 6.10 Å². The Bertz CT molecular complexity index is 249. The molecule has 0 amide bonds. The number of nitrogens with zero attached hydrogens (tertiary/aromatic N) is 1. The Morgan fingerprint density at radius 2 is 1.93 bits per heavy atom. The average Bonchev–Trinajstić information content (AvgIpc) is 2.28. The molecule has 0 aromatic rings. The second-order valence-corrected chi connectivity index (χ2v) is 4.78. The van der Waals surface area contributed by atoms with Crippen molar-refractivity contribution in [2.45, 2.75) is 57.7 Å². The summed E-state index contributed by atoms with van der Waals surface area (Å²) in [7, 11) is 1.58. The van der Waals surface area contributed by atoms with Gasteiger partial charge in [-0.2, -0.15) is 5.26 Å². The van der Waals surface area contributed by atoms with E-state index in [1.165, 1.54) is 6.42 Å². The average molecular weight is 211 g/mol. The maximum absolute atomic E-state index is 10.5. The molecular weight excluding hydrogens is 190 g/mol. The summed E-state index contributed by atoms with van der Waals surface area (Å²) in [5.74, 6) is 0. The van der Waals surface area contributed by atoms with Crippen LogP contribution in [0.4, 0.5) is 0 Å². The number of ether oxygens (including phenoxy) is 1. The van der Waals surface area contributed by atoms with Crippen molar-refractivity contribution in [1.29, 1.82) is 5.26 Å². The van der Waals surface area contributed by atoms with Gasteiger partial charge in [-0.3, -0.25) is 0 Å². The van der Waals surface area contributed by atoms with Crippen molar-refractivity contribution in [3.8, 4) is 6.07 Å². The second kappa shape index (κ2) is 4.51. The normalized spacial score (nSPS) is 26.3. The van der Waals surface area contributed by atoms with Crippen LogP contribution in [-0.4, -0.2) is 23.9 Å². The maximum atomic E-state index is 10.5. The van der Waals surface area contributed by atoms with Gasteiger partial charge in [-0.15, -0.1) is 0 Å². The molecule has 1 rings (SSSR count). The molecule has 0 radical (unpaired) electrons. The number of nitriles is 1. The third-order valence-electron chi connectivity index (χ3n) is 4.04. The van der Waals surface area contributed by atoms with Crippen LogP contribution in [0, 0.1) is 16.7 Å². The lowest BCUT2D eigenvalue weighted by atomic mass is 9.63. The van der Waals surface area contributed by atoms with Gasteiger partial charge in [-0.1, -0.05) is 19.3 Å². The number of methoxy groups -OCH3 is 1. The van der Waals surface area contributed by atoms with Crippen LogP contribution >= 0.6 is 0 Å². The lowest BCUT2D eigenvalue weighted by molar-refractivity contribution is -0.142. The highest BCUT2D eigenvalue weighted by atomic mass is 16.5. The van der Waals surface area contributed by atoms with Crippen LogP contribution in [0.15, 0.2) is 0 Å². The summed E-state index contributed by atoms with van der Waals surface area (Å²) < 4.78 is 5.19. The van der Waals surface area contributed by atoms with Gasteiger partial charge in [0, 0.05) is 7.11 Å². The molecule has 1 N–H and O–H groups in total. The molecule has 0 spiro atoms. The Balaban J connectivity index is 2.94. The van der Waals surface area contributed by atoms with Crippen molar-refractivity contribution in [2.24, 2.45) is 5.41 Å². The molecule has 0 bridgehead atoms. The Kier molecular flexibility index (Phi) is 3.75. The standard InChI is InChI=1S/C12H21NO2/c1-10(15-3)11(2,14)12(9-13)7-5-4-6-8-12/h10,14H,4-8H2,1-3H3. The van der Waals surface area contributed by atoms with Gasteiger partial charge in [0.25, 0.3) is 0 Å². The highest BCUT2D eigenvalue weighted by Crippen LogP contribution is 2.46. The molecule has 1 fully saturated rings. The first-order chi connectivity index (χ1) is 7.00. The molecule has 2 atom stereocenters. The fourth-order valence-corrected chi connectivity index (χ4v) is 2.51. The molecule has 86 valence electrons. The predicted molar refractivity (Wildman–Crippen MR) is 58.2 cm³/mol. The summed E-state index contributed by atoms with van der Waals surface area (Å²) in [6, 6.07) is 2.34. The first-order valence-corrected chi connectivity index (χ1v) is 5.66. The number of hydrogen-bond donors (Lipinski definition) is 1. The smallest absolute Gasteiger partial charge is 0.106 e. The number of aliphatic hydroxyl groups is 1. The topological polar surface area (TPSA) is 53.2 Å². The number of rotatable bonds is 3. The highest BCUT2D eigenvalue weighted by Gasteiger charge is 2.51. The van der Waals surface area contributed by atoms with E-state index in [1.807, 2.05) is 6.92 Å². The van der Waals surface area contributed by atoms with E-state index in [1.54, 1.807) is 14.0 Å². The molecule has 0 aliphatic heterocycles. The molecular formula is C12H21NO2. The Hall–Kier alpha value is -0.590. The SMILES string of the molecule is COC(C)C(C)(O)C1(C#N)CCCCC1. The molecule has 1 aliphatic carbocycles. The monoisotopic (exact) mass is 211 g/mol. The minimum atomic E-state index is -1.06. The molecule has 3 heteroatoms. The van der Waals surface area contributed by atoms with E-state index in [4.69, 9.17) is 4.74 Å². The van der Waals surface area contributed by atoms with Crippen molar-refractivity contribution in [3.63, 3.8) is 0 Å². The molecule has 0 aromatic heterocycles. The van der Waals surface area contributed by atoms with Crippen LogP contribution < -0.4 is 0 Å². The van der Waals surface area contributed by atoms with Crippen LogP contribution in [0.2, 0.25) is 0 Å². The van der Waals surface area contributed by atoms with E-state index in [0.29, 0.717) is 0 Å². The Labute approximate surface area is 92.0 Å². The van der Waals surface area contributed by atoms with Crippen molar-refractivity contribution in [3.05, 3.63) is 0 Å². The van der Waals surface area contributed by atoms with Gasteiger partial charge in [0.1, 0.15) is 5.60 Å². The van der Waals surface area contributed by atoms with Gasteiger partial charge < -0.3 is 9.84 Å². The molecule has 0 aromatic carbocycles. The van der Waals surface area contributed by atoms with Crippen LogP contribution in [0.3, 0.4) is 0 Å². The fourth-order valence-electron chi connectivity index (χ4n) is 2.51. The molecule has 3 nitrogen and oxygen atoms in total. The molecule has 0 saturated heterocycles. The molecule has 15 heavy (non-hydrogen) atoms. The Morgan fingerprint density at radius 1 is 1.40 bits per heavy atom. The van der Waals surface area contributed by atoms with E-state index >= 15 is 0 Å². The third kappa shape index (κ3) is 2.02. The minimum Gasteiger partial charge on any atom is -0.386 e. The third-order valence-corrected chi connectivity index (χ3v) is 4.04. The van der Waals surface area contributed by atoms with Crippen LogP contribution in [-0.2, 0) is 4.74 Å².